The van der Waals surface area contributed by atoms with Gasteiger partial charge in [0.2, 0.25) is 0 Å². The summed E-state index contributed by atoms with van der Waals surface area (Å²) in [6, 6.07) is 10.6. The smallest absolute Gasteiger partial charge is 0.186 e. The maximum atomic E-state index is 12.2. The summed E-state index contributed by atoms with van der Waals surface area (Å²) in [5, 5.41) is 1.41. The number of aryl methyl sites for hydroxylation is 1. The lowest BCUT2D eigenvalue weighted by Crippen LogP contribution is -1.98. The molecular weight excluding hydrogens is 315 g/mol. The highest BCUT2D eigenvalue weighted by Crippen LogP contribution is 2.26. The van der Waals surface area contributed by atoms with Crippen LogP contribution in [-0.4, -0.2) is 5.78 Å². The van der Waals surface area contributed by atoms with Crippen molar-refractivity contribution < 1.29 is 4.79 Å². The van der Waals surface area contributed by atoms with E-state index in [1.807, 2.05) is 25.1 Å². The molecule has 0 spiro atoms. The van der Waals surface area contributed by atoms with E-state index in [9.17, 15) is 4.79 Å². The highest BCUT2D eigenvalue weighted by Gasteiger charge is 2.09. The third-order valence-electron chi connectivity index (χ3n) is 2.85. The summed E-state index contributed by atoms with van der Waals surface area (Å²) >= 11 is 17.9. The van der Waals surface area contributed by atoms with Crippen LogP contribution in [0.2, 0.25) is 15.1 Å². The zero-order chi connectivity index (χ0) is 14.7. The molecule has 20 heavy (non-hydrogen) atoms. The second kappa shape index (κ2) is 6.45. The van der Waals surface area contributed by atoms with E-state index < -0.39 is 0 Å². The molecule has 0 saturated heterocycles. The summed E-state index contributed by atoms with van der Waals surface area (Å²) in [6.45, 7) is 1.82. The monoisotopic (exact) mass is 324 g/mol. The van der Waals surface area contributed by atoms with Crippen molar-refractivity contribution in [2.45, 2.75) is 6.92 Å². The number of carbonyl (C=O) groups excluding carboxylic acids is 1. The molecule has 0 aromatic heterocycles. The molecule has 0 fully saturated rings. The lowest BCUT2D eigenvalue weighted by atomic mass is 10.0. The Morgan fingerprint density at radius 3 is 2.35 bits per heavy atom. The minimum atomic E-state index is -0.138. The maximum Gasteiger partial charge on any atom is 0.186 e. The Morgan fingerprint density at radius 1 is 1.00 bits per heavy atom. The van der Waals surface area contributed by atoms with E-state index in [0.717, 1.165) is 11.1 Å². The average molecular weight is 326 g/mol. The molecule has 0 heterocycles. The van der Waals surface area contributed by atoms with Gasteiger partial charge >= 0.3 is 0 Å². The summed E-state index contributed by atoms with van der Waals surface area (Å²) in [5.74, 6) is -0.138. The fourth-order valence-electron chi connectivity index (χ4n) is 1.78. The second-order valence-corrected chi connectivity index (χ2v) is 5.52. The van der Waals surface area contributed by atoms with E-state index in [0.29, 0.717) is 20.6 Å². The summed E-state index contributed by atoms with van der Waals surface area (Å²) in [5.41, 5.74) is 2.11. The SMILES string of the molecule is Cc1cc(Cl)c(Cl)cc1C(=O)/C=C/c1ccccc1Cl. The van der Waals surface area contributed by atoms with Crippen LogP contribution >= 0.6 is 34.8 Å². The molecule has 2 aromatic carbocycles. The van der Waals surface area contributed by atoms with Gasteiger partial charge in [-0.1, -0.05) is 53.0 Å². The zero-order valence-electron chi connectivity index (χ0n) is 10.7. The first-order valence-electron chi connectivity index (χ1n) is 5.91. The van der Waals surface area contributed by atoms with Gasteiger partial charge in [0.25, 0.3) is 0 Å². The minimum absolute atomic E-state index is 0.138. The Bertz CT molecular complexity index is 690. The molecule has 0 aliphatic carbocycles. The van der Waals surface area contributed by atoms with E-state index in [1.54, 1.807) is 24.3 Å². The number of hydrogen-bond acceptors (Lipinski definition) is 1. The van der Waals surface area contributed by atoms with E-state index in [1.165, 1.54) is 6.08 Å². The molecule has 0 unspecified atom stereocenters. The molecule has 0 aliphatic rings. The lowest BCUT2D eigenvalue weighted by molar-refractivity contribution is 0.104. The number of hydrogen-bond donors (Lipinski definition) is 0. The van der Waals surface area contributed by atoms with Crippen molar-refractivity contribution in [3.8, 4) is 0 Å². The summed E-state index contributed by atoms with van der Waals surface area (Å²) < 4.78 is 0. The fourth-order valence-corrected chi connectivity index (χ4v) is 2.36. The number of halogens is 3. The van der Waals surface area contributed by atoms with Crippen LogP contribution in [0.4, 0.5) is 0 Å². The van der Waals surface area contributed by atoms with Crippen LogP contribution in [0.3, 0.4) is 0 Å². The summed E-state index contributed by atoms with van der Waals surface area (Å²) in [6.07, 6.45) is 3.17. The third kappa shape index (κ3) is 3.43. The van der Waals surface area contributed by atoms with Gasteiger partial charge in [-0.2, -0.15) is 0 Å². The molecule has 0 bridgehead atoms. The van der Waals surface area contributed by atoms with Crippen molar-refractivity contribution in [2.75, 3.05) is 0 Å². The number of ketones is 1. The van der Waals surface area contributed by atoms with Crippen molar-refractivity contribution in [1.82, 2.24) is 0 Å². The Labute approximate surface area is 132 Å². The maximum absolute atomic E-state index is 12.2. The van der Waals surface area contributed by atoms with Gasteiger partial charge in [0.05, 0.1) is 10.0 Å². The van der Waals surface area contributed by atoms with E-state index >= 15 is 0 Å². The Kier molecular flexibility index (Phi) is 4.87. The summed E-state index contributed by atoms with van der Waals surface area (Å²) in [7, 11) is 0. The van der Waals surface area contributed by atoms with Crippen LogP contribution in [-0.2, 0) is 0 Å². The highest BCUT2D eigenvalue weighted by molar-refractivity contribution is 6.42. The van der Waals surface area contributed by atoms with Crippen LogP contribution in [0.25, 0.3) is 6.08 Å². The average Bonchev–Trinajstić information content (AvgIpc) is 2.41. The van der Waals surface area contributed by atoms with Gasteiger partial charge in [-0.3, -0.25) is 4.79 Å². The molecule has 2 aromatic rings. The van der Waals surface area contributed by atoms with Gasteiger partial charge in [-0.05, 0) is 48.4 Å². The van der Waals surface area contributed by atoms with Gasteiger partial charge in [-0.25, -0.2) is 0 Å². The van der Waals surface area contributed by atoms with Crippen LogP contribution in [0.1, 0.15) is 21.5 Å². The van der Waals surface area contributed by atoms with Crippen LogP contribution < -0.4 is 0 Å². The van der Waals surface area contributed by atoms with Gasteiger partial charge < -0.3 is 0 Å². The molecule has 102 valence electrons. The molecule has 2 rings (SSSR count). The Hall–Kier alpha value is -1.28. The van der Waals surface area contributed by atoms with E-state index in [-0.39, 0.29) is 5.78 Å². The van der Waals surface area contributed by atoms with E-state index in [2.05, 4.69) is 0 Å². The second-order valence-electron chi connectivity index (χ2n) is 4.30. The number of carbonyl (C=O) groups is 1. The minimum Gasteiger partial charge on any atom is -0.289 e. The molecule has 0 aliphatic heterocycles. The molecule has 0 atom stereocenters. The van der Waals surface area contributed by atoms with Crippen LogP contribution in [0, 0.1) is 6.92 Å². The van der Waals surface area contributed by atoms with Gasteiger partial charge in [0.1, 0.15) is 0 Å². The Balaban J connectivity index is 2.29. The molecule has 0 N–H and O–H groups in total. The van der Waals surface area contributed by atoms with Crippen LogP contribution in [0.5, 0.6) is 0 Å². The molecule has 0 radical (unpaired) electrons. The highest BCUT2D eigenvalue weighted by atomic mass is 35.5. The van der Waals surface area contributed by atoms with Crippen molar-refractivity contribution >= 4 is 46.7 Å². The zero-order valence-corrected chi connectivity index (χ0v) is 12.9. The summed E-state index contributed by atoms with van der Waals surface area (Å²) in [4.78, 5) is 12.2. The first-order chi connectivity index (χ1) is 9.49. The topological polar surface area (TPSA) is 17.1 Å². The van der Waals surface area contributed by atoms with Crippen molar-refractivity contribution in [1.29, 1.82) is 0 Å². The van der Waals surface area contributed by atoms with Crippen molar-refractivity contribution in [3.05, 3.63) is 74.2 Å². The molecule has 1 nitrogen and oxygen atoms in total. The quantitative estimate of drug-likeness (QED) is 0.511. The largest absolute Gasteiger partial charge is 0.289 e. The normalized spacial score (nSPS) is 11.0. The molecule has 0 amide bonds. The lowest BCUT2D eigenvalue weighted by Gasteiger charge is -2.04. The predicted octanol–water partition coefficient (Wildman–Crippen LogP) is 5.85. The van der Waals surface area contributed by atoms with Gasteiger partial charge in [-0.15, -0.1) is 0 Å². The fraction of sp³-hybridized carbons (Fsp3) is 0.0625. The number of allylic oxidation sites excluding steroid dienone is 1. The molecule has 4 heteroatoms. The number of benzene rings is 2. The van der Waals surface area contributed by atoms with E-state index in [4.69, 9.17) is 34.8 Å². The van der Waals surface area contributed by atoms with Gasteiger partial charge in [0, 0.05) is 10.6 Å². The first kappa shape index (κ1) is 15.1. The Morgan fingerprint density at radius 2 is 1.65 bits per heavy atom. The number of rotatable bonds is 3. The molecule has 0 saturated carbocycles. The first-order valence-corrected chi connectivity index (χ1v) is 7.05. The van der Waals surface area contributed by atoms with Crippen molar-refractivity contribution in [3.63, 3.8) is 0 Å². The predicted molar refractivity (Wildman–Crippen MR) is 86.0 cm³/mol. The third-order valence-corrected chi connectivity index (χ3v) is 3.92. The molecular formula is C16H11Cl3O. The van der Waals surface area contributed by atoms with Crippen LogP contribution in [0.15, 0.2) is 42.5 Å². The van der Waals surface area contributed by atoms with Crippen molar-refractivity contribution in [2.24, 2.45) is 0 Å². The standard InChI is InChI=1S/C16H11Cl3O/c1-10-8-14(18)15(19)9-12(10)16(20)7-6-11-4-2-3-5-13(11)17/h2-9H,1H3/b7-6+. The van der Waals surface area contributed by atoms with Gasteiger partial charge in [0.15, 0.2) is 5.78 Å².